The zero-order valence-electron chi connectivity index (χ0n) is 13.1. The molecule has 1 heterocycles. The van der Waals surface area contributed by atoms with Gasteiger partial charge in [0.25, 0.3) is 11.8 Å². The number of aromatic nitrogens is 1. The van der Waals surface area contributed by atoms with E-state index in [4.69, 9.17) is 10.5 Å². The minimum Gasteiger partial charge on any atom is -0.449 e. The topological polar surface area (TPSA) is 111 Å². The summed E-state index contributed by atoms with van der Waals surface area (Å²) < 4.78 is 5.21. The molecule has 2 aromatic rings. The number of amides is 2. The molecule has 1 aromatic heterocycles. The molecule has 0 saturated carbocycles. The minimum atomic E-state index is -1.00. The smallest absolute Gasteiger partial charge is 0.340 e. The van der Waals surface area contributed by atoms with Gasteiger partial charge in [0.1, 0.15) is 0 Å². The highest BCUT2D eigenvalue weighted by molar-refractivity contribution is 6.04. The van der Waals surface area contributed by atoms with Crippen LogP contribution in [0.5, 0.6) is 0 Å². The second-order valence-electron chi connectivity index (χ2n) is 4.94. The highest BCUT2D eigenvalue weighted by Gasteiger charge is 2.23. The first-order chi connectivity index (χ1) is 11.5. The van der Waals surface area contributed by atoms with Crippen molar-refractivity contribution in [3.63, 3.8) is 0 Å². The Morgan fingerprint density at radius 1 is 1.21 bits per heavy atom. The first-order valence-corrected chi connectivity index (χ1v) is 7.33. The van der Waals surface area contributed by atoms with E-state index in [2.05, 4.69) is 10.3 Å². The van der Waals surface area contributed by atoms with Crippen LogP contribution >= 0.6 is 0 Å². The number of nitrogens with two attached hydrogens (primary N) is 1. The van der Waals surface area contributed by atoms with Gasteiger partial charge in [-0.05, 0) is 30.7 Å². The Bertz CT molecular complexity index is 747. The summed E-state index contributed by atoms with van der Waals surface area (Å²) in [6.45, 7) is 1.71. The number of primary amides is 1. The van der Waals surface area contributed by atoms with E-state index in [0.717, 1.165) is 0 Å². The lowest BCUT2D eigenvalue weighted by molar-refractivity contribution is -0.124. The number of carbonyl (C=O) groups is 3. The Morgan fingerprint density at radius 2 is 1.96 bits per heavy atom. The third-order valence-corrected chi connectivity index (χ3v) is 3.26. The Hall–Kier alpha value is -3.22. The van der Waals surface area contributed by atoms with Gasteiger partial charge in [-0.3, -0.25) is 14.6 Å². The van der Waals surface area contributed by atoms with Crippen molar-refractivity contribution in [2.45, 2.75) is 19.4 Å². The van der Waals surface area contributed by atoms with Gasteiger partial charge in [-0.2, -0.15) is 0 Å². The summed E-state index contributed by atoms with van der Waals surface area (Å²) in [7, 11) is 0. The Kier molecular flexibility index (Phi) is 5.62. The number of benzene rings is 1. The predicted octanol–water partition coefficient (Wildman–Crippen LogP) is 1.75. The van der Waals surface area contributed by atoms with Crippen molar-refractivity contribution < 1.29 is 19.1 Å². The van der Waals surface area contributed by atoms with Gasteiger partial charge in [0.2, 0.25) is 0 Å². The van der Waals surface area contributed by atoms with Crippen molar-refractivity contribution in [1.29, 1.82) is 0 Å². The fourth-order valence-corrected chi connectivity index (χ4v) is 2.02. The number of pyridine rings is 1. The van der Waals surface area contributed by atoms with Crippen LogP contribution in [0, 0.1) is 0 Å². The number of nitrogens with one attached hydrogen (secondary N) is 1. The number of hydrogen-bond acceptors (Lipinski definition) is 5. The fraction of sp³-hybridized carbons (Fsp3) is 0.176. The Morgan fingerprint density at radius 3 is 2.58 bits per heavy atom. The molecule has 0 spiro atoms. The van der Waals surface area contributed by atoms with E-state index >= 15 is 0 Å². The molecule has 3 N–H and O–H groups in total. The maximum atomic E-state index is 12.3. The third kappa shape index (κ3) is 4.16. The van der Waals surface area contributed by atoms with Gasteiger partial charge in [0.05, 0.1) is 16.8 Å². The summed E-state index contributed by atoms with van der Waals surface area (Å²) in [5.74, 6) is -1.84. The highest BCUT2D eigenvalue weighted by atomic mass is 16.5. The molecule has 1 unspecified atom stereocenters. The molecule has 0 aliphatic carbocycles. The molecule has 1 atom stereocenters. The molecule has 124 valence electrons. The molecule has 2 amide bonds. The monoisotopic (exact) mass is 327 g/mol. The van der Waals surface area contributed by atoms with Crippen LogP contribution in [0.4, 0.5) is 5.69 Å². The molecule has 1 aromatic carbocycles. The average molecular weight is 327 g/mol. The maximum Gasteiger partial charge on any atom is 0.340 e. The van der Waals surface area contributed by atoms with Crippen molar-refractivity contribution in [2.24, 2.45) is 5.73 Å². The van der Waals surface area contributed by atoms with Gasteiger partial charge in [-0.25, -0.2) is 4.79 Å². The van der Waals surface area contributed by atoms with Crippen molar-refractivity contribution in [3.8, 4) is 0 Å². The SMILES string of the molecule is CCC(OC(=O)c1cccnc1)C(=O)Nc1ccccc1C(N)=O. The Labute approximate surface area is 138 Å². The molecular formula is C17H17N3O4. The lowest BCUT2D eigenvalue weighted by atomic mass is 10.1. The van der Waals surface area contributed by atoms with Crippen LogP contribution in [-0.4, -0.2) is 28.9 Å². The van der Waals surface area contributed by atoms with Crippen LogP contribution < -0.4 is 11.1 Å². The zero-order valence-corrected chi connectivity index (χ0v) is 13.1. The number of carbonyl (C=O) groups excluding carboxylic acids is 3. The number of anilines is 1. The molecule has 0 saturated heterocycles. The molecule has 0 bridgehead atoms. The second kappa shape index (κ2) is 7.87. The highest BCUT2D eigenvalue weighted by Crippen LogP contribution is 2.16. The molecule has 24 heavy (non-hydrogen) atoms. The fourth-order valence-electron chi connectivity index (χ4n) is 2.02. The van der Waals surface area contributed by atoms with Crippen molar-refractivity contribution in [3.05, 3.63) is 59.9 Å². The van der Waals surface area contributed by atoms with Crippen molar-refractivity contribution >= 4 is 23.5 Å². The van der Waals surface area contributed by atoms with E-state index in [-0.39, 0.29) is 23.2 Å². The van der Waals surface area contributed by atoms with Crippen LogP contribution in [0.25, 0.3) is 0 Å². The number of hydrogen-bond donors (Lipinski definition) is 2. The van der Waals surface area contributed by atoms with Gasteiger partial charge < -0.3 is 15.8 Å². The summed E-state index contributed by atoms with van der Waals surface area (Å²) in [6.07, 6.45) is 2.16. The average Bonchev–Trinajstić information content (AvgIpc) is 2.60. The van der Waals surface area contributed by atoms with E-state index in [1.54, 1.807) is 37.3 Å². The quantitative estimate of drug-likeness (QED) is 0.785. The summed E-state index contributed by atoms with van der Waals surface area (Å²) in [6, 6.07) is 9.48. The third-order valence-electron chi connectivity index (χ3n) is 3.26. The van der Waals surface area contributed by atoms with Crippen LogP contribution in [0.3, 0.4) is 0 Å². The molecule has 7 nitrogen and oxygen atoms in total. The normalized spacial score (nSPS) is 11.4. The molecule has 0 fully saturated rings. The van der Waals surface area contributed by atoms with Crippen LogP contribution in [0.1, 0.15) is 34.1 Å². The van der Waals surface area contributed by atoms with Crippen molar-refractivity contribution in [2.75, 3.05) is 5.32 Å². The van der Waals surface area contributed by atoms with Gasteiger partial charge in [-0.1, -0.05) is 19.1 Å². The lowest BCUT2D eigenvalue weighted by Gasteiger charge is -2.17. The first kappa shape index (κ1) is 17.1. The molecule has 0 radical (unpaired) electrons. The number of esters is 1. The summed E-state index contributed by atoms with van der Waals surface area (Å²) in [4.78, 5) is 39.6. The largest absolute Gasteiger partial charge is 0.449 e. The van der Waals surface area contributed by atoms with Crippen LogP contribution in [0.2, 0.25) is 0 Å². The maximum absolute atomic E-state index is 12.3. The van der Waals surface area contributed by atoms with Crippen molar-refractivity contribution in [1.82, 2.24) is 4.98 Å². The van der Waals surface area contributed by atoms with Gasteiger partial charge in [-0.15, -0.1) is 0 Å². The van der Waals surface area contributed by atoms with E-state index < -0.39 is 23.9 Å². The Balaban J connectivity index is 2.10. The second-order valence-corrected chi connectivity index (χ2v) is 4.94. The summed E-state index contributed by atoms with van der Waals surface area (Å²) >= 11 is 0. The van der Waals surface area contributed by atoms with Gasteiger partial charge in [0.15, 0.2) is 6.10 Å². The van der Waals surface area contributed by atoms with Crippen LogP contribution in [-0.2, 0) is 9.53 Å². The van der Waals surface area contributed by atoms with Gasteiger partial charge >= 0.3 is 5.97 Å². The standard InChI is InChI=1S/C17H17N3O4/c1-2-14(24-17(23)11-6-5-9-19-10-11)16(22)20-13-8-4-3-7-12(13)15(18)21/h3-10,14H,2H2,1H3,(H2,18,21)(H,20,22). The van der Waals surface area contributed by atoms with Gasteiger partial charge in [0, 0.05) is 12.4 Å². The van der Waals surface area contributed by atoms with E-state index in [9.17, 15) is 14.4 Å². The molecular weight excluding hydrogens is 310 g/mol. The number of ether oxygens (including phenoxy) is 1. The summed E-state index contributed by atoms with van der Waals surface area (Å²) in [5.41, 5.74) is 5.97. The van der Waals surface area contributed by atoms with E-state index in [1.807, 2.05) is 0 Å². The number of nitrogens with zero attached hydrogens (tertiary/aromatic N) is 1. The molecule has 0 aliphatic rings. The minimum absolute atomic E-state index is 0.180. The first-order valence-electron chi connectivity index (χ1n) is 7.33. The predicted molar refractivity (Wildman–Crippen MR) is 87.3 cm³/mol. The number of rotatable bonds is 6. The summed E-state index contributed by atoms with van der Waals surface area (Å²) in [5, 5.41) is 2.57. The van der Waals surface area contributed by atoms with E-state index in [0.29, 0.717) is 0 Å². The number of para-hydroxylation sites is 1. The zero-order chi connectivity index (χ0) is 17.5. The molecule has 7 heteroatoms. The van der Waals surface area contributed by atoms with Crippen LogP contribution in [0.15, 0.2) is 48.8 Å². The lowest BCUT2D eigenvalue weighted by Crippen LogP contribution is -2.32. The molecule has 0 aliphatic heterocycles. The van der Waals surface area contributed by atoms with E-state index in [1.165, 1.54) is 18.5 Å². The molecule has 2 rings (SSSR count).